The highest BCUT2D eigenvalue weighted by molar-refractivity contribution is 6.32. The average molecular weight is 980 g/mol. The van der Waals surface area contributed by atoms with E-state index in [9.17, 15) is 58.8 Å². The third-order valence-electron chi connectivity index (χ3n) is 13.1. The molecule has 1 aliphatic rings. The zero-order chi connectivity index (χ0) is 50.7. The summed E-state index contributed by atoms with van der Waals surface area (Å²) in [6, 6.07) is 17.1. The first-order chi connectivity index (χ1) is 34.2. The van der Waals surface area contributed by atoms with Gasteiger partial charge in [0.15, 0.2) is 22.4 Å². The number of carbonyl (C=O) groups excluding carboxylic acids is 4. The van der Waals surface area contributed by atoms with Gasteiger partial charge in [-0.25, -0.2) is 19.2 Å². The van der Waals surface area contributed by atoms with Crippen LogP contribution in [0.5, 0.6) is 23.0 Å². The van der Waals surface area contributed by atoms with Gasteiger partial charge in [0.1, 0.15) is 23.0 Å². The minimum Gasteiger partial charge on any atom is -0.870 e. The minimum atomic E-state index is -0.888. The van der Waals surface area contributed by atoms with Crippen molar-refractivity contribution in [1.82, 2.24) is 0 Å². The van der Waals surface area contributed by atoms with Gasteiger partial charge in [-0.3, -0.25) is 19.2 Å². The minimum absolute atomic E-state index is 0. The van der Waals surface area contributed by atoms with E-state index in [1.54, 1.807) is 24.3 Å². The maximum absolute atomic E-state index is 13.4. The van der Waals surface area contributed by atoms with Crippen LogP contribution in [0.1, 0.15) is 143 Å². The molecule has 1 aromatic heterocycles. The fourth-order valence-electron chi connectivity index (χ4n) is 9.30. The monoisotopic (exact) mass is 979 g/mol. The number of phenolic OH excluding ortho intramolecular Hbond substituents is 4. The molecule has 5 N–H and O–H groups in total. The quantitative estimate of drug-likeness (QED) is 0.0303. The first kappa shape index (κ1) is 51.6. The summed E-state index contributed by atoms with van der Waals surface area (Å²) in [7, 11) is 0. The fraction of sp³-hybridized carbons (Fsp3) is 0.286. The first-order valence-electron chi connectivity index (χ1n) is 23.8. The maximum atomic E-state index is 13.4. The second kappa shape index (κ2) is 21.8. The molecule has 7 aromatic carbocycles. The van der Waals surface area contributed by atoms with Gasteiger partial charge in [0.05, 0.1) is 57.0 Å². The molecule has 72 heavy (non-hydrogen) atoms. The van der Waals surface area contributed by atoms with Gasteiger partial charge in [0.25, 0.3) is 0 Å². The molecule has 0 atom stereocenters. The Kier molecular flexibility index (Phi) is 15.6. The number of aromatic hydroxyl groups is 4. The summed E-state index contributed by atoms with van der Waals surface area (Å²) in [5.41, 5.74) is -3.79. The van der Waals surface area contributed by atoms with Crippen LogP contribution >= 0.6 is 0 Å². The van der Waals surface area contributed by atoms with Crippen LogP contribution in [0.3, 0.4) is 0 Å². The van der Waals surface area contributed by atoms with Gasteiger partial charge in [-0.1, -0.05) is 127 Å². The smallest absolute Gasteiger partial charge is 0.346 e. The van der Waals surface area contributed by atoms with Crippen LogP contribution in [-0.4, -0.2) is 62.6 Å². The van der Waals surface area contributed by atoms with Crippen molar-refractivity contribution in [3.8, 4) is 23.0 Å². The van der Waals surface area contributed by atoms with Crippen molar-refractivity contribution < 1.29 is 59.0 Å². The Bertz CT molecular complexity index is 3450. The van der Waals surface area contributed by atoms with Gasteiger partial charge in [-0.2, -0.15) is 0 Å². The molecule has 9 rings (SSSR count). The lowest BCUT2D eigenvalue weighted by molar-refractivity contribution is 0.0450. The van der Waals surface area contributed by atoms with Gasteiger partial charge in [0, 0.05) is 43.4 Å². The molecule has 16 heteroatoms. The molecule has 1 aliphatic carbocycles. The SMILES string of the molecule is CCCCCCCCOC(=O)c1cc2c(O)c3c(c(O)c2cc1C(=O)OCCCCCCCC)C(=O)c1ccccc1C3=O.O=c1oc(=O)c2cc3c(O)c4c(=O)c5ccccc5c(=O)c4c(O)c3cc12.[OH-]. The number of ether oxygens (including phenoxy) is 2. The molecule has 0 aliphatic heterocycles. The summed E-state index contributed by atoms with van der Waals surface area (Å²) in [5, 5.41) is 43.2. The Morgan fingerprint density at radius 3 is 1.18 bits per heavy atom. The number of ketones is 2. The van der Waals surface area contributed by atoms with Crippen LogP contribution < -0.4 is 22.1 Å². The van der Waals surface area contributed by atoms with E-state index in [1.807, 2.05) is 0 Å². The number of benzene rings is 7. The van der Waals surface area contributed by atoms with Crippen LogP contribution in [0, 0.1) is 0 Å². The van der Waals surface area contributed by atoms with Gasteiger partial charge in [-0.05, 0) is 37.1 Å². The van der Waals surface area contributed by atoms with Gasteiger partial charge in [0.2, 0.25) is 0 Å². The van der Waals surface area contributed by atoms with Crippen LogP contribution in [0.25, 0.3) is 53.9 Å². The summed E-state index contributed by atoms with van der Waals surface area (Å²) in [5.74, 6) is -5.01. The summed E-state index contributed by atoms with van der Waals surface area (Å²) in [6.45, 7) is 4.59. The average Bonchev–Trinajstić information content (AvgIpc) is 3.66. The Balaban J connectivity index is 0.000000231. The van der Waals surface area contributed by atoms with E-state index in [0.29, 0.717) is 12.8 Å². The zero-order valence-corrected chi connectivity index (χ0v) is 39.6. The third-order valence-corrected chi connectivity index (χ3v) is 13.1. The molecular formula is C56H51O16-. The second-order valence-electron chi connectivity index (χ2n) is 17.7. The van der Waals surface area contributed by atoms with Crippen LogP contribution in [0.4, 0.5) is 0 Å². The molecule has 0 saturated heterocycles. The Labute approximate surface area is 409 Å². The molecule has 1 heterocycles. The van der Waals surface area contributed by atoms with Crippen molar-refractivity contribution >= 4 is 77.4 Å². The molecule has 0 amide bonds. The number of hydrogen-bond acceptors (Lipinski definition) is 16. The number of carbonyl (C=O) groups is 4. The van der Waals surface area contributed by atoms with E-state index in [0.717, 1.165) is 64.2 Å². The molecule has 8 aromatic rings. The Hall–Kier alpha value is -8.24. The van der Waals surface area contributed by atoms with Crippen molar-refractivity contribution in [2.24, 2.45) is 0 Å². The van der Waals surface area contributed by atoms with E-state index < -0.39 is 68.6 Å². The molecule has 16 nitrogen and oxygen atoms in total. The van der Waals surface area contributed by atoms with Crippen molar-refractivity contribution in [3.63, 3.8) is 0 Å². The normalized spacial score (nSPS) is 11.9. The summed E-state index contributed by atoms with van der Waals surface area (Å²) < 4.78 is 15.5. The Morgan fingerprint density at radius 1 is 0.444 bits per heavy atom. The van der Waals surface area contributed by atoms with Crippen LogP contribution in [-0.2, 0) is 9.47 Å². The molecule has 0 saturated carbocycles. The van der Waals surface area contributed by atoms with E-state index in [-0.39, 0.29) is 106 Å². The van der Waals surface area contributed by atoms with E-state index in [4.69, 9.17) is 9.47 Å². The summed E-state index contributed by atoms with van der Waals surface area (Å²) in [6.07, 6.45) is 12.0. The lowest BCUT2D eigenvalue weighted by Gasteiger charge is -2.21. The zero-order valence-electron chi connectivity index (χ0n) is 39.6. The van der Waals surface area contributed by atoms with Gasteiger partial charge >= 0.3 is 23.2 Å². The molecular weight excluding hydrogens is 929 g/mol. The van der Waals surface area contributed by atoms with Crippen molar-refractivity contribution in [3.05, 3.63) is 147 Å². The number of unbranched alkanes of at least 4 members (excludes halogenated alkanes) is 10. The standard InChI is InChI=1S/C36H42O8.C20H8O7.H2O/c1-3-5-7-9-11-15-19-43-35(41)27-21-25-26(22-28(27)36(42)44-20-16-12-10-8-6-4-2)34(40)30-29(33(25)39)31(37)23-17-13-14-18-24(23)32(30)38;21-15-7-3-1-2-4-8(7)16(22)14-13(15)17(23)9-5-11-12(6-10(9)18(14)24)20(26)27-19(11)25;/h13-14,17-18,21-22,39-40H,3-12,15-16,19-20H2,1-2H3;1-6,23-24H;1H2/p-1. The number of fused-ring (bicyclic) bond motifs is 7. The third kappa shape index (κ3) is 9.40. The number of esters is 2. The number of furan rings is 1. The summed E-state index contributed by atoms with van der Waals surface area (Å²) in [4.78, 5) is 103. The predicted octanol–water partition coefficient (Wildman–Crippen LogP) is 9.50. The highest BCUT2D eigenvalue weighted by atomic mass is 16.5. The van der Waals surface area contributed by atoms with Crippen LogP contribution in [0.2, 0.25) is 0 Å². The van der Waals surface area contributed by atoms with Gasteiger partial charge in [-0.15, -0.1) is 0 Å². The topological polar surface area (TPSA) is 279 Å². The fourth-order valence-corrected chi connectivity index (χ4v) is 9.30. The molecule has 0 fully saturated rings. The highest BCUT2D eigenvalue weighted by Gasteiger charge is 2.37. The number of hydrogen-bond donors (Lipinski definition) is 4. The number of rotatable bonds is 16. The highest BCUT2D eigenvalue weighted by Crippen LogP contribution is 2.46. The first-order valence-corrected chi connectivity index (χ1v) is 23.8. The molecule has 0 spiro atoms. The van der Waals surface area contributed by atoms with Gasteiger partial charge < -0.3 is 39.8 Å². The Morgan fingerprint density at radius 2 is 0.792 bits per heavy atom. The number of phenols is 4. The van der Waals surface area contributed by atoms with Crippen LogP contribution in [0.15, 0.2) is 96.4 Å². The predicted molar refractivity (Wildman–Crippen MR) is 269 cm³/mol. The van der Waals surface area contributed by atoms with E-state index in [2.05, 4.69) is 18.3 Å². The lowest BCUT2D eigenvalue weighted by atomic mass is 9.81. The lowest BCUT2D eigenvalue weighted by Crippen LogP contribution is -2.21. The summed E-state index contributed by atoms with van der Waals surface area (Å²) >= 11 is 0. The molecule has 0 bridgehead atoms. The molecule has 0 radical (unpaired) electrons. The largest absolute Gasteiger partial charge is 0.870 e. The molecule has 372 valence electrons. The van der Waals surface area contributed by atoms with Crippen molar-refractivity contribution in [2.45, 2.75) is 90.9 Å². The van der Waals surface area contributed by atoms with E-state index >= 15 is 0 Å². The van der Waals surface area contributed by atoms with E-state index in [1.165, 1.54) is 48.5 Å². The maximum Gasteiger partial charge on any atom is 0.346 e. The molecule has 0 unspecified atom stereocenters. The van der Waals surface area contributed by atoms with Crippen molar-refractivity contribution in [2.75, 3.05) is 13.2 Å². The van der Waals surface area contributed by atoms with Crippen molar-refractivity contribution in [1.29, 1.82) is 0 Å². The second-order valence-corrected chi connectivity index (χ2v) is 17.7.